The molecule has 1 aromatic carbocycles. The summed E-state index contributed by atoms with van der Waals surface area (Å²) >= 11 is 5.69. The molecule has 1 aromatic rings. The first-order valence-corrected chi connectivity index (χ1v) is 5.31. The van der Waals surface area contributed by atoms with E-state index >= 15 is 0 Å². The van der Waals surface area contributed by atoms with E-state index in [4.69, 9.17) is 16.9 Å². The Morgan fingerprint density at radius 3 is 2.62 bits per heavy atom. The van der Waals surface area contributed by atoms with Gasteiger partial charge >= 0.3 is 0 Å². The lowest BCUT2D eigenvalue weighted by atomic mass is 10.0. The van der Waals surface area contributed by atoms with Crippen LogP contribution in [0.15, 0.2) is 18.2 Å². The minimum Gasteiger partial charge on any atom is -0.285 e. The number of halogens is 2. The van der Waals surface area contributed by atoms with Gasteiger partial charge in [-0.3, -0.25) is 4.90 Å². The van der Waals surface area contributed by atoms with Crippen LogP contribution in [0.25, 0.3) is 0 Å². The van der Waals surface area contributed by atoms with Gasteiger partial charge in [-0.1, -0.05) is 17.7 Å². The summed E-state index contributed by atoms with van der Waals surface area (Å²) in [7, 11) is 1.85. The summed E-state index contributed by atoms with van der Waals surface area (Å²) in [5.74, 6) is -0.424. The zero-order chi connectivity index (χ0) is 12.3. The molecule has 0 heterocycles. The number of hydrogen-bond acceptors (Lipinski definition) is 2. The molecule has 0 aliphatic rings. The van der Waals surface area contributed by atoms with Crippen molar-refractivity contribution in [2.24, 2.45) is 0 Å². The Labute approximate surface area is 100 Å². The van der Waals surface area contributed by atoms with Crippen LogP contribution in [0.4, 0.5) is 4.39 Å². The van der Waals surface area contributed by atoms with Gasteiger partial charge in [0.2, 0.25) is 0 Å². The zero-order valence-corrected chi connectivity index (χ0v) is 10.3. The standard InChI is InChI=1S/C12H14ClFN2/c1-12(2,8-15)16(3)7-9-4-5-11(14)10(13)6-9/h4-6H,7H2,1-3H3. The molecular formula is C12H14ClFN2. The van der Waals surface area contributed by atoms with Crippen LogP contribution in [0.5, 0.6) is 0 Å². The fraction of sp³-hybridized carbons (Fsp3) is 0.417. The second kappa shape index (κ2) is 4.82. The lowest BCUT2D eigenvalue weighted by Gasteiger charge is -2.28. The first-order valence-electron chi connectivity index (χ1n) is 4.93. The second-order valence-corrected chi connectivity index (χ2v) is 4.68. The molecule has 0 spiro atoms. The van der Waals surface area contributed by atoms with Crippen LogP contribution in [0.1, 0.15) is 19.4 Å². The molecule has 0 N–H and O–H groups in total. The highest BCUT2D eigenvalue weighted by Crippen LogP contribution is 2.19. The molecule has 0 saturated heterocycles. The Balaban J connectivity index is 2.82. The summed E-state index contributed by atoms with van der Waals surface area (Å²) in [4.78, 5) is 1.89. The highest BCUT2D eigenvalue weighted by molar-refractivity contribution is 6.30. The van der Waals surface area contributed by atoms with Crippen molar-refractivity contribution >= 4 is 11.6 Å². The quantitative estimate of drug-likeness (QED) is 0.811. The molecule has 0 saturated carbocycles. The van der Waals surface area contributed by atoms with Crippen molar-refractivity contribution in [3.8, 4) is 6.07 Å². The van der Waals surface area contributed by atoms with E-state index < -0.39 is 11.4 Å². The third-order valence-electron chi connectivity index (χ3n) is 2.63. The Morgan fingerprint density at radius 2 is 2.12 bits per heavy atom. The molecule has 0 fully saturated rings. The van der Waals surface area contributed by atoms with E-state index in [9.17, 15) is 4.39 Å². The zero-order valence-electron chi connectivity index (χ0n) is 9.59. The van der Waals surface area contributed by atoms with Crippen LogP contribution in [-0.4, -0.2) is 17.5 Å². The Kier molecular flexibility index (Phi) is 3.90. The summed E-state index contributed by atoms with van der Waals surface area (Å²) in [6.45, 7) is 4.22. The van der Waals surface area contributed by atoms with Crippen molar-refractivity contribution in [1.29, 1.82) is 5.26 Å². The van der Waals surface area contributed by atoms with E-state index in [0.29, 0.717) is 6.54 Å². The molecule has 4 heteroatoms. The average Bonchev–Trinajstić information content (AvgIpc) is 2.23. The van der Waals surface area contributed by atoms with Crippen LogP contribution in [-0.2, 0) is 6.54 Å². The van der Waals surface area contributed by atoms with Gasteiger partial charge in [0.25, 0.3) is 0 Å². The Bertz CT molecular complexity index is 424. The molecule has 0 amide bonds. The first kappa shape index (κ1) is 13.0. The molecule has 0 aromatic heterocycles. The van der Waals surface area contributed by atoms with Gasteiger partial charge in [-0.2, -0.15) is 5.26 Å². The predicted octanol–water partition coefficient (Wildman–Crippen LogP) is 3.21. The summed E-state index contributed by atoms with van der Waals surface area (Å²) in [6.07, 6.45) is 0. The molecule has 0 bridgehead atoms. The molecule has 86 valence electrons. The minimum absolute atomic E-state index is 0.112. The van der Waals surface area contributed by atoms with Gasteiger partial charge < -0.3 is 0 Å². The summed E-state index contributed by atoms with van der Waals surface area (Å²) in [5, 5.41) is 9.08. The van der Waals surface area contributed by atoms with Gasteiger partial charge in [0.15, 0.2) is 0 Å². The van der Waals surface area contributed by atoms with Gasteiger partial charge in [0.1, 0.15) is 11.4 Å². The van der Waals surface area contributed by atoms with Crippen molar-refractivity contribution in [3.63, 3.8) is 0 Å². The molecular weight excluding hydrogens is 227 g/mol. The van der Waals surface area contributed by atoms with Crippen molar-refractivity contribution in [2.45, 2.75) is 25.9 Å². The van der Waals surface area contributed by atoms with Crippen LogP contribution in [0.2, 0.25) is 5.02 Å². The topological polar surface area (TPSA) is 27.0 Å². The van der Waals surface area contributed by atoms with Crippen molar-refractivity contribution < 1.29 is 4.39 Å². The number of hydrogen-bond donors (Lipinski definition) is 0. The molecule has 0 aliphatic carbocycles. The predicted molar refractivity (Wildman–Crippen MR) is 62.6 cm³/mol. The lowest BCUT2D eigenvalue weighted by Crippen LogP contribution is -2.38. The minimum atomic E-state index is -0.555. The fourth-order valence-corrected chi connectivity index (χ4v) is 1.40. The highest BCUT2D eigenvalue weighted by atomic mass is 35.5. The monoisotopic (exact) mass is 240 g/mol. The van der Waals surface area contributed by atoms with E-state index in [1.807, 2.05) is 25.8 Å². The second-order valence-electron chi connectivity index (χ2n) is 4.28. The smallest absolute Gasteiger partial charge is 0.141 e. The third kappa shape index (κ3) is 2.94. The van der Waals surface area contributed by atoms with Crippen molar-refractivity contribution in [1.82, 2.24) is 4.90 Å². The maximum Gasteiger partial charge on any atom is 0.141 e. The Hall–Kier alpha value is -1.11. The fourth-order valence-electron chi connectivity index (χ4n) is 1.19. The lowest BCUT2D eigenvalue weighted by molar-refractivity contribution is 0.203. The maximum atomic E-state index is 12.9. The molecule has 0 radical (unpaired) electrons. The van der Waals surface area contributed by atoms with E-state index in [1.54, 1.807) is 12.1 Å². The van der Waals surface area contributed by atoms with E-state index in [0.717, 1.165) is 5.56 Å². The highest BCUT2D eigenvalue weighted by Gasteiger charge is 2.22. The molecule has 16 heavy (non-hydrogen) atoms. The third-order valence-corrected chi connectivity index (χ3v) is 2.92. The molecule has 0 aliphatic heterocycles. The number of nitriles is 1. The summed E-state index contributed by atoms with van der Waals surface area (Å²) in [5.41, 5.74) is 0.332. The van der Waals surface area contributed by atoms with Gasteiger partial charge in [0.05, 0.1) is 11.1 Å². The van der Waals surface area contributed by atoms with E-state index in [1.165, 1.54) is 6.07 Å². The average molecular weight is 241 g/mol. The van der Waals surface area contributed by atoms with Gasteiger partial charge in [0, 0.05) is 6.54 Å². The largest absolute Gasteiger partial charge is 0.285 e. The molecule has 0 atom stereocenters. The normalized spacial score (nSPS) is 11.6. The van der Waals surface area contributed by atoms with Gasteiger partial charge in [-0.05, 0) is 38.6 Å². The number of benzene rings is 1. The van der Waals surface area contributed by atoms with Gasteiger partial charge in [-0.25, -0.2) is 4.39 Å². The summed E-state index contributed by atoms with van der Waals surface area (Å²) < 4.78 is 12.9. The van der Waals surface area contributed by atoms with Crippen LogP contribution >= 0.6 is 11.6 Å². The SMILES string of the molecule is CN(Cc1ccc(F)c(Cl)c1)C(C)(C)C#N. The van der Waals surface area contributed by atoms with Crippen LogP contribution in [0, 0.1) is 17.1 Å². The van der Waals surface area contributed by atoms with Gasteiger partial charge in [-0.15, -0.1) is 0 Å². The summed E-state index contributed by atoms with van der Waals surface area (Å²) in [6, 6.07) is 6.80. The first-order chi connectivity index (χ1) is 7.36. The van der Waals surface area contributed by atoms with Crippen LogP contribution < -0.4 is 0 Å². The molecule has 0 unspecified atom stereocenters. The van der Waals surface area contributed by atoms with Crippen molar-refractivity contribution in [3.05, 3.63) is 34.6 Å². The van der Waals surface area contributed by atoms with E-state index in [-0.39, 0.29) is 5.02 Å². The number of nitrogens with zero attached hydrogens (tertiary/aromatic N) is 2. The van der Waals surface area contributed by atoms with E-state index in [2.05, 4.69) is 6.07 Å². The Morgan fingerprint density at radius 1 is 1.50 bits per heavy atom. The van der Waals surface area contributed by atoms with Crippen molar-refractivity contribution in [2.75, 3.05) is 7.05 Å². The number of rotatable bonds is 3. The molecule has 2 nitrogen and oxygen atoms in total. The maximum absolute atomic E-state index is 12.9. The molecule has 1 rings (SSSR count). The van der Waals surface area contributed by atoms with Crippen LogP contribution in [0.3, 0.4) is 0 Å².